The third-order valence-corrected chi connectivity index (χ3v) is 5.33. The Morgan fingerprint density at radius 3 is 3.00 bits per heavy atom. The van der Waals surface area contributed by atoms with Gasteiger partial charge in [0.15, 0.2) is 10.9 Å². The molecule has 7 heteroatoms. The molecule has 4 rings (SSSR count). The smallest absolute Gasteiger partial charge is 0.232 e. The first-order valence-electron chi connectivity index (χ1n) is 8.51. The van der Waals surface area contributed by atoms with Crippen LogP contribution in [0.5, 0.6) is 5.75 Å². The number of halogens is 1. The summed E-state index contributed by atoms with van der Waals surface area (Å²) in [6.45, 7) is 4.23. The maximum absolute atomic E-state index is 13.0. The highest BCUT2D eigenvalue weighted by Crippen LogP contribution is 2.33. The van der Waals surface area contributed by atoms with Gasteiger partial charge in [-0.05, 0) is 44.2 Å². The first kappa shape index (κ1) is 18.0. The van der Waals surface area contributed by atoms with E-state index in [0.717, 1.165) is 15.8 Å². The summed E-state index contributed by atoms with van der Waals surface area (Å²) in [6, 6.07) is 11.1. The van der Waals surface area contributed by atoms with Crippen molar-refractivity contribution in [2.45, 2.75) is 20.1 Å². The van der Waals surface area contributed by atoms with E-state index in [0.29, 0.717) is 33.6 Å². The molecule has 0 amide bonds. The zero-order valence-corrected chi connectivity index (χ0v) is 16.4. The van der Waals surface area contributed by atoms with E-state index >= 15 is 0 Å². The van der Waals surface area contributed by atoms with Crippen molar-refractivity contribution in [2.24, 2.45) is 0 Å². The van der Waals surface area contributed by atoms with Gasteiger partial charge in [0, 0.05) is 17.8 Å². The Bertz CT molecular complexity index is 1060. The second-order valence-corrected chi connectivity index (χ2v) is 7.58. The van der Waals surface area contributed by atoms with Crippen molar-refractivity contribution < 1.29 is 14.3 Å². The van der Waals surface area contributed by atoms with Gasteiger partial charge in [0.1, 0.15) is 5.75 Å². The summed E-state index contributed by atoms with van der Waals surface area (Å²) in [5.74, 6) is 0.422. The van der Waals surface area contributed by atoms with Gasteiger partial charge in [-0.15, -0.1) is 0 Å². The maximum atomic E-state index is 13.0. The summed E-state index contributed by atoms with van der Waals surface area (Å²) in [7, 11) is 0. The number of carbonyl (C=O) groups is 1. The zero-order valence-electron chi connectivity index (χ0n) is 14.8. The quantitative estimate of drug-likeness (QED) is 0.610. The average molecular weight is 401 g/mol. The Labute approximate surface area is 165 Å². The van der Waals surface area contributed by atoms with Crippen LogP contribution >= 0.6 is 22.9 Å². The molecule has 1 N–H and O–H groups in total. The molecule has 0 bridgehead atoms. The molecule has 2 aromatic carbocycles. The van der Waals surface area contributed by atoms with Crippen molar-refractivity contribution in [3.63, 3.8) is 0 Å². The van der Waals surface area contributed by atoms with Crippen LogP contribution in [0.25, 0.3) is 10.2 Å². The van der Waals surface area contributed by atoms with E-state index in [1.807, 2.05) is 38.1 Å². The van der Waals surface area contributed by atoms with Crippen molar-refractivity contribution >= 4 is 44.1 Å². The van der Waals surface area contributed by atoms with Gasteiger partial charge >= 0.3 is 0 Å². The van der Waals surface area contributed by atoms with Crippen LogP contribution in [0.2, 0.25) is 5.02 Å². The Kier molecular flexibility index (Phi) is 4.86. The SMILES string of the molecule is CCOC1Oc2ccc(C)cc2C(=O)C1=CNc1nc2ccc(Cl)cc2s1. The predicted molar refractivity (Wildman–Crippen MR) is 108 cm³/mol. The topological polar surface area (TPSA) is 60.5 Å². The summed E-state index contributed by atoms with van der Waals surface area (Å²) >= 11 is 7.49. The number of nitrogens with one attached hydrogen (secondary N) is 1. The number of carbonyl (C=O) groups excluding carboxylic acids is 1. The molecule has 0 saturated heterocycles. The fourth-order valence-electron chi connectivity index (χ4n) is 2.87. The summed E-state index contributed by atoms with van der Waals surface area (Å²) in [6.07, 6.45) is 0.863. The molecule has 3 aromatic rings. The van der Waals surface area contributed by atoms with Crippen LogP contribution < -0.4 is 10.1 Å². The normalized spacial score (nSPS) is 17.8. The molecular formula is C20H17ClN2O3S. The number of rotatable bonds is 4. The monoisotopic (exact) mass is 400 g/mol. The lowest BCUT2D eigenvalue weighted by Crippen LogP contribution is -2.33. The van der Waals surface area contributed by atoms with Gasteiger partial charge in [-0.3, -0.25) is 4.79 Å². The van der Waals surface area contributed by atoms with Crippen LogP contribution in [0.3, 0.4) is 0 Å². The van der Waals surface area contributed by atoms with Crippen LogP contribution in [-0.4, -0.2) is 23.7 Å². The standard InChI is InChI=1S/C20H17ClN2O3S/c1-3-25-19-14(18(24)13-8-11(2)4-7-16(13)26-19)10-22-20-23-15-6-5-12(21)9-17(15)27-20/h4-10,19H,3H2,1-2H3,(H,22,23). The number of Topliss-reactive ketones (excluding diaryl/α,β-unsaturated/α-hetero) is 1. The Hall–Kier alpha value is -2.41. The highest BCUT2D eigenvalue weighted by molar-refractivity contribution is 7.22. The number of hydrogen-bond donors (Lipinski definition) is 1. The number of aromatic nitrogens is 1. The average Bonchev–Trinajstić information content (AvgIpc) is 3.04. The third kappa shape index (κ3) is 3.56. The molecular weight excluding hydrogens is 384 g/mol. The maximum Gasteiger partial charge on any atom is 0.232 e. The van der Waals surface area contributed by atoms with E-state index in [-0.39, 0.29) is 5.78 Å². The second-order valence-electron chi connectivity index (χ2n) is 6.11. The van der Waals surface area contributed by atoms with Crippen LogP contribution in [0.1, 0.15) is 22.8 Å². The number of aryl methyl sites for hydroxylation is 1. The van der Waals surface area contributed by atoms with Crippen molar-refractivity contribution in [1.29, 1.82) is 0 Å². The Morgan fingerprint density at radius 1 is 1.33 bits per heavy atom. The summed E-state index contributed by atoms with van der Waals surface area (Å²) in [4.78, 5) is 17.5. The van der Waals surface area contributed by atoms with Gasteiger partial charge < -0.3 is 14.8 Å². The van der Waals surface area contributed by atoms with E-state index in [9.17, 15) is 4.79 Å². The van der Waals surface area contributed by atoms with Crippen LogP contribution in [-0.2, 0) is 4.74 Å². The number of ketones is 1. The predicted octanol–water partition coefficient (Wildman–Crippen LogP) is 5.19. The lowest BCUT2D eigenvalue weighted by Gasteiger charge is -2.27. The highest BCUT2D eigenvalue weighted by Gasteiger charge is 2.32. The third-order valence-electron chi connectivity index (χ3n) is 4.15. The van der Waals surface area contributed by atoms with Gasteiger partial charge in [-0.1, -0.05) is 34.6 Å². The van der Waals surface area contributed by atoms with Gasteiger partial charge in [-0.25, -0.2) is 4.98 Å². The molecule has 1 aliphatic heterocycles. The highest BCUT2D eigenvalue weighted by atomic mass is 35.5. The van der Waals surface area contributed by atoms with Gasteiger partial charge in [0.2, 0.25) is 6.29 Å². The van der Waals surface area contributed by atoms with E-state index in [1.54, 1.807) is 18.3 Å². The number of benzene rings is 2. The van der Waals surface area contributed by atoms with E-state index < -0.39 is 6.29 Å². The van der Waals surface area contributed by atoms with Crippen molar-refractivity contribution in [1.82, 2.24) is 4.98 Å². The number of thiazole rings is 1. The first-order chi connectivity index (χ1) is 13.0. The minimum absolute atomic E-state index is 0.116. The summed E-state index contributed by atoms with van der Waals surface area (Å²) in [5.41, 5.74) is 2.79. The minimum atomic E-state index is -0.756. The minimum Gasteiger partial charge on any atom is -0.460 e. The van der Waals surface area contributed by atoms with E-state index in [2.05, 4.69) is 10.3 Å². The molecule has 0 spiro atoms. The number of fused-ring (bicyclic) bond motifs is 2. The Morgan fingerprint density at radius 2 is 2.19 bits per heavy atom. The van der Waals surface area contributed by atoms with Crippen molar-refractivity contribution in [3.05, 3.63) is 64.3 Å². The fraction of sp³-hybridized carbons (Fsp3) is 0.200. The van der Waals surface area contributed by atoms with Gasteiger partial charge in [0.25, 0.3) is 0 Å². The number of nitrogens with zero attached hydrogens (tertiary/aromatic N) is 1. The summed E-state index contributed by atoms with van der Waals surface area (Å²) in [5, 5.41) is 4.44. The van der Waals surface area contributed by atoms with Crippen molar-refractivity contribution in [3.8, 4) is 5.75 Å². The molecule has 0 aliphatic carbocycles. The fourth-order valence-corrected chi connectivity index (χ4v) is 3.98. The second kappa shape index (κ2) is 7.31. The van der Waals surface area contributed by atoms with Gasteiger partial charge in [0.05, 0.1) is 21.4 Å². The van der Waals surface area contributed by atoms with E-state index in [4.69, 9.17) is 21.1 Å². The molecule has 27 heavy (non-hydrogen) atoms. The summed E-state index contributed by atoms with van der Waals surface area (Å²) < 4.78 is 12.5. The molecule has 5 nitrogen and oxygen atoms in total. The molecule has 138 valence electrons. The lowest BCUT2D eigenvalue weighted by atomic mass is 9.98. The number of hydrogen-bond acceptors (Lipinski definition) is 6. The lowest BCUT2D eigenvalue weighted by molar-refractivity contribution is -0.0509. The zero-order chi connectivity index (χ0) is 19.0. The number of anilines is 1. The number of ether oxygens (including phenoxy) is 2. The van der Waals surface area contributed by atoms with Crippen LogP contribution in [0, 0.1) is 6.92 Å². The van der Waals surface area contributed by atoms with Crippen molar-refractivity contribution in [2.75, 3.05) is 11.9 Å². The molecule has 0 fully saturated rings. The molecule has 0 radical (unpaired) electrons. The molecule has 0 saturated carbocycles. The largest absolute Gasteiger partial charge is 0.460 e. The molecule has 2 heterocycles. The van der Waals surface area contributed by atoms with Crippen LogP contribution in [0.4, 0.5) is 5.13 Å². The molecule has 1 aliphatic rings. The molecule has 1 atom stereocenters. The Balaban J connectivity index is 1.67. The first-order valence-corrected chi connectivity index (χ1v) is 9.71. The molecule has 1 unspecified atom stereocenters. The molecule has 1 aromatic heterocycles. The van der Waals surface area contributed by atoms with E-state index in [1.165, 1.54) is 11.3 Å². The van der Waals surface area contributed by atoms with Crippen LogP contribution in [0.15, 0.2) is 48.2 Å². The van der Waals surface area contributed by atoms with Gasteiger partial charge in [-0.2, -0.15) is 0 Å².